The van der Waals surface area contributed by atoms with Crippen LogP contribution in [0.3, 0.4) is 0 Å². The van der Waals surface area contributed by atoms with Crippen molar-refractivity contribution in [1.29, 1.82) is 0 Å². The van der Waals surface area contributed by atoms with E-state index >= 15 is 0 Å². The highest BCUT2D eigenvalue weighted by molar-refractivity contribution is 5.94. The van der Waals surface area contributed by atoms with Gasteiger partial charge in [-0.2, -0.15) is 0 Å². The number of nitrogens with two attached hydrogens (primary N) is 1. The second kappa shape index (κ2) is 7.65. The van der Waals surface area contributed by atoms with Crippen molar-refractivity contribution in [3.8, 4) is 0 Å². The van der Waals surface area contributed by atoms with E-state index in [2.05, 4.69) is 10.6 Å². The van der Waals surface area contributed by atoms with E-state index in [1.54, 1.807) is 24.3 Å². The van der Waals surface area contributed by atoms with E-state index in [4.69, 9.17) is 5.73 Å². The van der Waals surface area contributed by atoms with Gasteiger partial charge in [-0.3, -0.25) is 9.59 Å². The molecule has 1 aromatic rings. The van der Waals surface area contributed by atoms with Gasteiger partial charge in [0.05, 0.1) is 0 Å². The standard InChI is InChI=1S/C15H23N3O2/c1-10(2)15(20)18-13-6-4-5-12(8-13)17-14(19)7-11(3)9-16/h4-6,8,10-11H,7,9,16H2,1-3H3,(H,17,19)(H,18,20). The maximum absolute atomic E-state index is 11.8. The van der Waals surface area contributed by atoms with E-state index in [9.17, 15) is 9.59 Å². The highest BCUT2D eigenvalue weighted by atomic mass is 16.2. The smallest absolute Gasteiger partial charge is 0.226 e. The van der Waals surface area contributed by atoms with Crippen molar-refractivity contribution in [3.05, 3.63) is 24.3 Å². The van der Waals surface area contributed by atoms with Gasteiger partial charge < -0.3 is 16.4 Å². The van der Waals surface area contributed by atoms with Crippen molar-refractivity contribution in [3.63, 3.8) is 0 Å². The average molecular weight is 277 g/mol. The van der Waals surface area contributed by atoms with Crippen LogP contribution in [0.15, 0.2) is 24.3 Å². The van der Waals surface area contributed by atoms with Gasteiger partial charge in [0.25, 0.3) is 0 Å². The summed E-state index contributed by atoms with van der Waals surface area (Å²) in [7, 11) is 0. The summed E-state index contributed by atoms with van der Waals surface area (Å²) < 4.78 is 0. The Balaban J connectivity index is 2.64. The predicted octanol–water partition coefficient (Wildman–Crippen LogP) is 2.20. The van der Waals surface area contributed by atoms with Gasteiger partial charge in [0.15, 0.2) is 0 Å². The number of carbonyl (C=O) groups is 2. The summed E-state index contributed by atoms with van der Waals surface area (Å²) in [6, 6.07) is 7.11. The molecule has 0 saturated carbocycles. The molecule has 110 valence electrons. The average Bonchev–Trinajstić information content (AvgIpc) is 2.38. The molecule has 0 radical (unpaired) electrons. The molecule has 0 heterocycles. The molecule has 0 aromatic heterocycles. The fourth-order valence-corrected chi connectivity index (χ4v) is 1.57. The molecule has 0 bridgehead atoms. The Hall–Kier alpha value is -1.88. The monoisotopic (exact) mass is 277 g/mol. The lowest BCUT2D eigenvalue weighted by atomic mass is 10.1. The molecule has 1 rings (SSSR count). The lowest BCUT2D eigenvalue weighted by molar-refractivity contribution is -0.119. The zero-order valence-corrected chi connectivity index (χ0v) is 12.3. The number of rotatable bonds is 6. The fraction of sp³-hybridized carbons (Fsp3) is 0.467. The third kappa shape index (κ3) is 5.40. The van der Waals surface area contributed by atoms with Gasteiger partial charge in [-0.05, 0) is 30.7 Å². The minimum absolute atomic E-state index is 0.0507. The molecular weight excluding hydrogens is 254 g/mol. The number of benzene rings is 1. The summed E-state index contributed by atoms with van der Waals surface area (Å²) in [6.45, 7) is 6.07. The van der Waals surface area contributed by atoms with Gasteiger partial charge >= 0.3 is 0 Å². The molecule has 0 aliphatic carbocycles. The molecule has 1 atom stereocenters. The van der Waals surface area contributed by atoms with Crippen LogP contribution in [0.4, 0.5) is 11.4 Å². The summed E-state index contributed by atoms with van der Waals surface area (Å²) in [4.78, 5) is 23.4. The largest absolute Gasteiger partial charge is 0.330 e. The Morgan fingerprint density at radius 3 is 2.30 bits per heavy atom. The molecule has 0 spiro atoms. The van der Waals surface area contributed by atoms with Crippen molar-refractivity contribution in [2.24, 2.45) is 17.6 Å². The molecule has 1 aromatic carbocycles. The number of hydrogen-bond donors (Lipinski definition) is 3. The molecule has 20 heavy (non-hydrogen) atoms. The first kappa shape index (κ1) is 16.2. The van der Waals surface area contributed by atoms with Crippen LogP contribution in [0.25, 0.3) is 0 Å². The van der Waals surface area contributed by atoms with Crippen LogP contribution in [0.1, 0.15) is 27.2 Å². The minimum atomic E-state index is -0.0846. The highest BCUT2D eigenvalue weighted by Gasteiger charge is 2.10. The molecule has 4 N–H and O–H groups in total. The third-order valence-corrected chi connectivity index (χ3v) is 2.87. The SMILES string of the molecule is CC(CN)CC(=O)Nc1cccc(NC(=O)C(C)C)c1. The molecule has 0 aliphatic rings. The molecule has 2 amide bonds. The normalized spacial score (nSPS) is 12.1. The van der Waals surface area contributed by atoms with E-state index in [0.717, 1.165) is 0 Å². The zero-order valence-electron chi connectivity index (χ0n) is 12.3. The topological polar surface area (TPSA) is 84.2 Å². The maximum atomic E-state index is 11.8. The summed E-state index contributed by atoms with van der Waals surface area (Å²) in [5, 5.41) is 5.60. The van der Waals surface area contributed by atoms with Gasteiger partial charge in [-0.15, -0.1) is 0 Å². The van der Waals surface area contributed by atoms with Crippen molar-refractivity contribution in [1.82, 2.24) is 0 Å². The first-order valence-electron chi connectivity index (χ1n) is 6.83. The molecule has 1 unspecified atom stereocenters. The van der Waals surface area contributed by atoms with Crippen LogP contribution in [0.2, 0.25) is 0 Å². The number of anilines is 2. The Bertz CT molecular complexity index is 472. The van der Waals surface area contributed by atoms with Gasteiger partial charge in [0.1, 0.15) is 0 Å². The molecule has 0 saturated heterocycles. The summed E-state index contributed by atoms with van der Waals surface area (Å²) >= 11 is 0. The summed E-state index contributed by atoms with van der Waals surface area (Å²) in [5.74, 6) is -0.0574. The second-order valence-electron chi connectivity index (χ2n) is 5.32. The number of amides is 2. The van der Waals surface area contributed by atoms with Crippen molar-refractivity contribution in [2.45, 2.75) is 27.2 Å². The quantitative estimate of drug-likeness (QED) is 0.745. The van der Waals surface area contributed by atoms with Crippen molar-refractivity contribution >= 4 is 23.2 Å². The van der Waals surface area contributed by atoms with Crippen LogP contribution in [-0.4, -0.2) is 18.4 Å². The van der Waals surface area contributed by atoms with Crippen molar-refractivity contribution in [2.75, 3.05) is 17.2 Å². The van der Waals surface area contributed by atoms with Crippen LogP contribution < -0.4 is 16.4 Å². The Morgan fingerprint density at radius 1 is 1.15 bits per heavy atom. The van der Waals surface area contributed by atoms with E-state index in [-0.39, 0.29) is 23.7 Å². The van der Waals surface area contributed by atoms with E-state index < -0.39 is 0 Å². The number of hydrogen-bond acceptors (Lipinski definition) is 3. The first-order valence-corrected chi connectivity index (χ1v) is 6.83. The minimum Gasteiger partial charge on any atom is -0.330 e. The number of nitrogens with one attached hydrogen (secondary N) is 2. The van der Waals surface area contributed by atoms with E-state index in [1.165, 1.54) is 0 Å². The molecular formula is C15H23N3O2. The van der Waals surface area contributed by atoms with Gasteiger partial charge in [0, 0.05) is 23.7 Å². The van der Waals surface area contributed by atoms with Crippen LogP contribution in [0.5, 0.6) is 0 Å². The summed E-state index contributed by atoms with van der Waals surface area (Å²) in [5.41, 5.74) is 6.84. The maximum Gasteiger partial charge on any atom is 0.226 e. The van der Waals surface area contributed by atoms with E-state index in [0.29, 0.717) is 24.3 Å². The Labute approximate surface area is 119 Å². The lowest BCUT2D eigenvalue weighted by Gasteiger charge is -2.11. The Kier molecular flexibility index (Phi) is 6.18. The lowest BCUT2D eigenvalue weighted by Crippen LogP contribution is -2.20. The predicted molar refractivity (Wildman–Crippen MR) is 81.4 cm³/mol. The highest BCUT2D eigenvalue weighted by Crippen LogP contribution is 2.16. The van der Waals surface area contributed by atoms with Gasteiger partial charge in [-0.1, -0.05) is 26.8 Å². The molecule has 0 fully saturated rings. The molecule has 0 aliphatic heterocycles. The van der Waals surface area contributed by atoms with Crippen LogP contribution >= 0.6 is 0 Å². The van der Waals surface area contributed by atoms with Crippen LogP contribution in [0, 0.1) is 11.8 Å². The third-order valence-electron chi connectivity index (χ3n) is 2.87. The van der Waals surface area contributed by atoms with E-state index in [1.807, 2.05) is 20.8 Å². The number of carbonyl (C=O) groups excluding carboxylic acids is 2. The molecule has 5 nitrogen and oxygen atoms in total. The van der Waals surface area contributed by atoms with Gasteiger partial charge in [0.2, 0.25) is 11.8 Å². The second-order valence-corrected chi connectivity index (χ2v) is 5.32. The molecule has 5 heteroatoms. The summed E-state index contributed by atoms with van der Waals surface area (Å²) in [6.07, 6.45) is 0.388. The van der Waals surface area contributed by atoms with Crippen LogP contribution in [-0.2, 0) is 9.59 Å². The van der Waals surface area contributed by atoms with Crippen molar-refractivity contribution < 1.29 is 9.59 Å². The fourth-order valence-electron chi connectivity index (χ4n) is 1.57. The van der Waals surface area contributed by atoms with Gasteiger partial charge in [-0.25, -0.2) is 0 Å². The Morgan fingerprint density at radius 2 is 1.75 bits per heavy atom. The zero-order chi connectivity index (χ0) is 15.1. The first-order chi connectivity index (χ1) is 9.42.